The van der Waals surface area contributed by atoms with Gasteiger partial charge in [0.2, 0.25) is 0 Å². The van der Waals surface area contributed by atoms with Crippen LogP contribution >= 0.6 is 0 Å². The molecule has 0 spiro atoms. The molecular formula is C59H94O6. The molecule has 6 heteroatoms. The summed E-state index contributed by atoms with van der Waals surface area (Å²) in [4.78, 5) is 38.0. The van der Waals surface area contributed by atoms with Gasteiger partial charge in [0.25, 0.3) is 0 Å². The van der Waals surface area contributed by atoms with Crippen LogP contribution in [0.25, 0.3) is 0 Å². The Morgan fingerprint density at radius 2 is 0.615 bits per heavy atom. The number of unbranched alkanes of at least 4 members (excludes halogenated alkanes) is 14. The number of carbonyl (C=O) groups excluding carboxylic acids is 3. The lowest BCUT2D eigenvalue weighted by atomic mass is 10.1. The van der Waals surface area contributed by atoms with Gasteiger partial charge in [-0.3, -0.25) is 14.4 Å². The fraction of sp³-hybridized carbons (Fsp3) is 0.610. The van der Waals surface area contributed by atoms with E-state index in [2.05, 4.69) is 142 Å². The number of allylic oxidation sites excluding steroid dienone is 20. The molecule has 0 N–H and O–H groups in total. The van der Waals surface area contributed by atoms with Crippen molar-refractivity contribution in [1.82, 2.24) is 0 Å². The molecule has 0 fully saturated rings. The molecular weight excluding hydrogens is 805 g/mol. The van der Waals surface area contributed by atoms with Gasteiger partial charge in [-0.25, -0.2) is 0 Å². The normalized spacial score (nSPS) is 13.1. The van der Waals surface area contributed by atoms with Crippen molar-refractivity contribution < 1.29 is 28.6 Å². The topological polar surface area (TPSA) is 78.9 Å². The van der Waals surface area contributed by atoms with E-state index in [0.29, 0.717) is 19.3 Å². The maximum Gasteiger partial charge on any atom is 0.306 e. The Labute approximate surface area is 399 Å². The predicted octanol–water partition coefficient (Wildman–Crippen LogP) is 17.3. The Balaban J connectivity index is 4.59. The van der Waals surface area contributed by atoms with Gasteiger partial charge in [-0.05, 0) is 128 Å². The van der Waals surface area contributed by atoms with Gasteiger partial charge in [0, 0.05) is 19.3 Å². The summed E-state index contributed by atoms with van der Waals surface area (Å²) >= 11 is 0. The van der Waals surface area contributed by atoms with Crippen LogP contribution in [0.5, 0.6) is 0 Å². The van der Waals surface area contributed by atoms with Crippen LogP contribution in [-0.4, -0.2) is 37.2 Å². The SMILES string of the molecule is CC/C=C\C/C=C\C/C=C\CCCCCCCC(=O)OC[C@H](COC(=O)CCC/C=C\C/C=C\C/C=C\C/C=C\CCCCC)OC(=O)CCCC/C=C\C/C=C\C/C=C\CCCCC. The first kappa shape index (κ1) is 60.8. The van der Waals surface area contributed by atoms with Gasteiger partial charge >= 0.3 is 17.9 Å². The van der Waals surface area contributed by atoms with E-state index >= 15 is 0 Å². The number of hydrogen-bond acceptors (Lipinski definition) is 6. The quantitative estimate of drug-likeness (QED) is 0.0262. The minimum atomic E-state index is -0.830. The highest BCUT2D eigenvalue weighted by atomic mass is 16.6. The standard InChI is InChI=1S/C59H94O6/c1-4-7-10-13-16-19-22-25-28-29-32-34-37-40-43-46-49-52-58(61)64-55-56(65-59(62)53-50-47-44-41-38-35-31-27-24-21-18-15-12-9-6-3)54-63-57(60)51-48-45-42-39-36-33-30-26-23-20-17-14-11-8-5-2/h8,11,16-21,25-28,30-32,34,38,40-41,43,56H,4-7,9-10,12-15,22-24,29,33,35-37,39,42,44-55H2,1-3H3/b11-8-,19-16-,20-17-,21-18-,28-25-,30-26-,31-27-,34-32-,41-38-,43-40-/t56-/m1/s1. The van der Waals surface area contributed by atoms with Gasteiger partial charge in [-0.1, -0.05) is 187 Å². The second kappa shape index (κ2) is 52.4. The van der Waals surface area contributed by atoms with E-state index in [9.17, 15) is 14.4 Å². The minimum absolute atomic E-state index is 0.123. The Morgan fingerprint density at radius 1 is 0.323 bits per heavy atom. The molecule has 0 aromatic carbocycles. The summed E-state index contributed by atoms with van der Waals surface area (Å²) in [5, 5.41) is 0. The zero-order chi connectivity index (χ0) is 47.2. The summed E-state index contributed by atoms with van der Waals surface area (Å²) in [7, 11) is 0. The van der Waals surface area contributed by atoms with E-state index in [1.807, 2.05) is 0 Å². The Morgan fingerprint density at radius 3 is 1.03 bits per heavy atom. The molecule has 0 aliphatic rings. The maximum atomic E-state index is 12.8. The minimum Gasteiger partial charge on any atom is -0.462 e. The fourth-order valence-electron chi connectivity index (χ4n) is 6.51. The number of ether oxygens (including phenoxy) is 3. The average Bonchev–Trinajstić information content (AvgIpc) is 3.30. The van der Waals surface area contributed by atoms with Gasteiger partial charge in [0.15, 0.2) is 6.10 Å². The molecule has 6 nitrogen and oxygen atoms in total. The molecule has 0 bridgehead atoms. The zero-order valence-electron chi connectivity index (χ0n) is 41.7. The molecule has 0 aliphatic heterocycles. The highest BCUT2D eigenvalue weighted by molar-refractivity contribution is 5.71. The van der Waals surface area contributed by atoms with E-state index in [1.54, 1.807) is 0 Å². The zero-order valence-corrected chi connectivity index (χ0v) is 41.7. The number of hydrogen-bond donors (Lipinski definition) is 0. The van der Waals surface area contributed by atoms with Gasteiger partial charge < -0.3 is 14.2 Å². The van der Waals surface area contributed by atoms with E-state index in [0.717, 1.165) is 109 Å². The molecule has 0 radical (unpaired) electrons. The third-order valence-electron chi connectivity index (χ3n) is 10.4. The molecule has 0 aromatic heterocycles. The van der Waals surface area contributed by atoms with Crippen LogP contribution in [0.2, 0.25) is 0 Å². The molecule has 366 valence electrons. The Hall–Kier alpha value is -4.19. The van der Waals surface area contributed by atoms with Crippen molar-refractivity contribution in [3.63, 3.8) is 0 Å². The summed E-state index contributed by atoms with van der Waals surface area (Å²) in [6.07, 6.45) is 71.8. The lowest BCUT2D eigenvalue weighted by Crippen LogP contribution is -2.30. The lowest BCUT2D eigenvalue weighted by Gasteiger charge is -2.18. The van der Waals surface area contributed by atoms with Gasteiger partial charge in [-0.15, -0.1) is 0 Å². The first-order chi connectivity index (χ1) is 32.0. The van der Waals surface area contributed by atoms with E-state index in [4.69, 9.17) is 14.2 Å². The molecule has 0 heterocycles. The summed E-state index contributed by atoms with van der Waals surface area (Å²) < 4.78 is 16.7. The molecule has 0 unspecified atom stereocenters. The van der Waals surface area contributed by atoms with Crippen LogP contribution in [0.3, 0.4) is 0 Å². The number of carbonyl (C=O) groups is 3. The Kier molecular flexibility index (Phi) is 49.1. The molecule has 1 atom stereocenters. The highest BCUT2D eigenvalue weighted by Crippen LogP contribution is 2.11. The predicted molar refractivity (Wildman–Crippen MR) is 279 cm³/mol. The summed E-state index contributed by atoms with van der Waals surface area (Å²) in [6, 6.07) is 0. The van der Waals surface area contributed by atoms with Gasteiger partial charge in [0.05, 0.1) is 0 Å². The monoisotopic (exact) mass is 899 g/mol. The van der Waals surface area contributed by atoms with E-state index < -0.39 is 6.10 Å². The summed E-state index contributed by atoms with van der Waals surface area (Å²) in [6.45, 7) is 6.35. The lowest BCUT2D eigenvalue weighted by molar-refractivity contribution is -0.167. The maximum absolute atomic E-state index is 12.8. The van der Waals surface area contributed by atoms with Crippen molar-refractivity contribution in [2.75, 3.05) is 13.2 Å². The van der Waals surface area contributed by atoms with Crippen LogP contribution in [0.15, 0.2) is 122 Å². The second-order valence-electron chi connectivity index (χ2n) is 16.7. The van der Waals surface area contributed by atoms with Crippen molar-refractivity contribution in [3.8, 4) is 0 Å². The Bertz CT molecular complexity index is 1400. The first-order valence-electron chi connectivity index (χ1n) is 26.0. The van der Waals surface area contributed by atoms with Crippen molar-refractivity contribution in [2.24, 2.45) is 0 Å². The highest BCUT2D eigenvalue weighted by Gasteiger charge is 2.19. The third-order valence-corrected chi connectivity index (χ3v) is 10.4. The van der Waals surface area contributed by atoms with Crippen LogP contribution < -0.4 is 0 Å². The van der Waals surface area contributed by atoms with Crippen LogP contribution in [0.4, 0.5) is 0 Å². The van der Waals surface area contributed by atoms with Crippen molar-refractivity contribution in [3.05, 3.63) is 122 Å². The number of rotatable bonds is 45. The van der Waals surface area contributed by atoms with E-state index in [-0.39, 0.29) is 44.0 Å². The average molecular weight is 899 g/mol. The van der Waals surface area contributed by atoms with Crippen LogP contribution in [0, 0.1) is 0 Å². The second-order valence-corrected chi connectivity index (χ2v) is 16.7. The third kappa shape index (κ3) is 50.7. The molecule has 0 saturated heterocycles. The summed E-state index contributed by atoms with van der Waals surface area (Å²) in [5.74, 6) is -1.04. The van der Waals surface area contributed by atoms with Crippen molar-refractivity contribution in [2.45, 2.75) is 219 Å². The molecule has 0 rings (SSSR count). The molecule has 0 aromatic rings. The largest absolute Gasteiger partial charge is 0.462 e. The summed E-state index contributed by atoms with van der Waals surface area (Å²) in [5.41, 5.74) is 0. The first-order valence-corrected chi connectivity index (χ1v) is 26.0. The van der Waals surface area contributed by atoms with Crippen molar-refractivity contribution >= 4 is 17.9 Å². The van der Waals surface area contributed by atoms with E-state index in [1.165, 1.54) is 51.4 Å². The van der Waals surface area contributed by atoms with Gasteiger partial charge in [0.1, 0.15) is 13.2 Å². The van der Waals surface area contributed by atoms with Gasteiger partial charge in [-0.2, -0.15) is 0 Å². The molecule has 65 heavy (non-hydrogen) atoms. The van der Waals surface area contributed by atoms with Crippen LogP contribution in [0.1, 0.15) is 213 Å². The molecule has 0 aliphatic carbocycles. The fourth-order valence-corrected chi connectivity index (χ4v) is 6.51. The van der Waals surface area contributed by atoms with Crippen molar-refractivity contribution in [1.29, 1.82) is 0 Å². The smallest absolute Gasteiger partial charge is 0.306 e. The van der Waals surface area contributed by atoms with Crippen LogP contribution in [-0.2, 0) is 28.6 Å². The molecule has 0 saturated carbocycles. The number of esters is 3. The molecule has 0 amide bonds.